The summed E-state index contributed by atoms with van der Waals surface area (Å²) >= 11 is 0. The van der Waals surface area contributed by atoms with Crippen molar-refractivity contribution >= 4 is 31.7 Å². The second-order valence-corrected chi connectivity index (χ2v) is 8.24. The van der Waals surface area contributed by atoms with Gasteiger partial charge in [0.15, 0.2) is 0 Å². The van der Waals surface area contributed by atoms with E-state index in [1.807, 2.05) is 38.1 Å². The highest BCUT2D eigenvalue weighted by molar-refractivity contribution is 7.90. The van der Waals surface area contributed by atoms with Crippen LogP contribution in [0.5, 0.6) is 0 Å². The molecule has 0 fully saturated rings. The molecule has 1 heterocycles. The number of fused-ring (bicyclic) bond motifs is 3. The van der Waals surface area contributed by atoms with E-state index in [9.17, 15) is 13.2 Å². The van der Waals surface area contributed by atoms with Crippen LogP contribution in [0.2, 0.25) is 0 Å². The minimum absolute atomic E-state index is 0.0994. The quantitative estimate of drug-likeness (QED) is 0.506. The molecule has 0 unspecified atom stereocenters. The Labute approximate surface area is 151 Å². The van der Waals surface area contributed by atoms with Crippen molar-refractivity contribution < 1.29 is 8.42 Å². The second kappa shape index (κ2) is 5.81. The van der Waals surface area contributed by atoms with Gasteiger partial charge in [-0.05, 0) is 49.6 Å². The lowest BCUT2D eigenvalue weighted by molar-refractivity contribution is 0.587. The van der Waals surface area contributed by atoms with Crippen LogP contribution >= 0.6 is 0 Å². The van der Waals surface area contributed by atoms with Gasteiger partial charge in [0, 0.05) is 10.8 Å². The van der Waals surface area contributed by atoms with Crippen LogP contribution in [0.3, 0.4) is 0 Å². The fourth-order valence-electron chi connectivity index (χ4n) is 3.22. The van der Waals surface area contributed by atoms with Crippen molar-refractivity contribution in [1.29, 1.82) is 0 Å². The first-order valence-electron chi connectivity index (χ1n) is 8.26. The first-order valence-corrected chi connectivity index (χ1v) is 9.70. The van der Waals surface area contributed by atoms with Crippen LogP contribution < -0.4 is 5.56 Å². The predicted molar refractivity (Wildman–Crippen MR) is 104 cm³/mol. The maximum Gasteiger partial charge on any atom is 0.272 e. The van der Waals surface area contributed by atoms with Crippen LogP contribution in [-0.4, -0.2) is 12.4 Å². The lowest BCUT2D eigenvalue weighted by Crippen LogP contribution is -2.28. The van der Waals surface area contributed by atoms with E-state index < -0.39 is 15.6 Å². The molecule has 0 N–H and O–H groups in total. The Morgan fingerprint density at radius 1 is 0.731 bits per heavy atom. The molecule has 3 aromatic carbocycles. The standard InChI is InChI=1S/C21H17NO3S/c1-14-7-10-16(11-8-14)26(24,25)22-20-12-9-15(2)13-19(20)17-5-3-4-6-18(17)21(22)23/h3-13H,1-2H3. The number of benzene rings is 3. The van der Waals surface area contributed by atoms with Crippen LogP contribution in [0, 0.1) is 13.8 Å². The molecule has 0 bridgehead atoms. The number of hydrogen-bond acceptors (Lipinski definition) is 3. The van der Waals surface area contributed by atoms with Crippen molar-refractivity contribution in [3.8, 4) is 0 Å². The fraction of sp³-hybridized carbons (Fsp3) is 0.0952. The van der Waals surface area contributed by atoms with Crippen molar-refractivity contribution in [2.75, 3.05) is 0 Å². The number of nitrogens with zero attached hydrogens (tertiary/aromatic N) is 1. The average Bonchev–Trinajstić information content (AvgIpc) is 2.63. The van der Waals surface area contributed by atoms with Gasteiger partial charge in [0.1, 0.15) is 0 Å². The van der Waals surface area contributed by atoms with E-state index in [1.54, 1.807) is 30.3 Å². The summed E-state index contributed by atoms with van der Waals surface area (Å²) in [4.78, 5) is 13.2. The monoisotopic (exact) mass is 363 g/mol. The van der Waals surface area contributed by atoms with Crippen molar-refractivity contribution in [3.05, 3.63) is 88.2 Å². The van der Waals surface area contributed by atoms with E-state index in [2.05, 4.69) is 0 Å². The van der Waals surface area contributed by atoms with Crippen molar-refractivity contribution in [2.45, 2.75) is 18.7 Å². The maximum absolute atomic E-state index is 13.3. The molecule has 1 aromatic heterocycles. The molecule has 0 saturated carbocycles. The molecule has 4 rings (SSSR count). The molecule has 0 amide bonds. The van der Waals surface area contributed by atoms with Gasteiger partial charge in [0.25, 0.3) is 15.6 Å². The first-order chi connectivity index (χ1) is 12.4. The lowest BCUT2D eigenvalue weighted by Gasteiger charge is -2.14. The second-order valence-electron chi connectivity index (χ2n) is 6.45. The maximum atomic E-state index is 13.3. The predicted octanol–water partition coefficient (Wildman–Crippen LogP) is 4.01. The summed E-state index contributed by atoms with van der Waals surface area (Å²) in [5, 5.41) is 1.89. The molecular formula is C21H17NO3S. The van der Waals surface area contributed by atoms with E-state index in [0.29, 0.717) is 10.9 Å². The fourth-order valence-corrected chi connectivity index (χ4v) is 4.65. The number of hydrogen-bond donors (Lipinski definition) is 0. The number of aromatic nitrogens is 1. The molecule has 130 valence electrons. The largest absolute Gasteiger partial charge is 0.272 e. The Bertz CT molecular complexity index is 1320. The first kappa shape index (κ1) is 16.5. The van der Waals surface area contributed by atoms with E-state index in [0.717, 1.165) is 25.9 Å². The van der Waals surface area contributed by atoms with Crippen molar-refractivity contribution in [3.63, 3.8) is 0 Å². The molecule has 0 atom stereocenters. The van der Waals surface area contributed by atoms with Gasteiger partial charge in [-0.3, -0.25) is 4.79 Å². The molecular weight excluding hydrogens is 346 g/mol. The lowest BCUT2D eigenvalue weighted by atomic mass is 10.0. The van der Waals surface area contributed by atoms with Crippen molar-refractivity contribution in [1.82, 2.24) is 3.97 Å². The summed E-state index contributed by atoms with van der Waals surface area (Å²) in [5.74, 6) is 0. The number of rotatable bonds is 2. The van der Waals surface area contributed by atoms with Gasteiger partial charge in [-0.25, -0.2) is 8.42 Å². The third-order valence-electron chi connectivity index (χ3n) is 4.56. The molecule has 4 nitrogen and oxygen atoms in total. The molecule has 0 saturated heterocycles. The van der Waals surface area contributed by atoms with Gasteiger partial charge in [-0.1, -0.05) is 47.5 Å². The highest BCUT2D eigenvalue weighted by Gasteiger charge is 2.23. The Balaban J connectivity index is 2.20. The molecule has 26 heavy (non-hydrogen) atoms. The van der Waals surface area contributed by atoms with Gasteiger partial charge < -0.3 is 0 Å². The zero-order valence-electron chi connectivity index (χ0n) is 14.4. The van der Waals surface area contributed by atoms with Gasteiger partial charge >= 0.3 is 0 Å². The zero-order valence-corrected chi connectivity index (χ0v) is 15.2. The van der Waals surface area contributed by atoms with E-state index in [1.165, 1.54) is 12.1 Å². The summed E-state index contributed by atoms with van der Waals surface area (Å²) in [7, 11) is -4.01. The number of aryl methyl sites for hydroxylation is 2. The summed E-state index contributed by atoms with van der Waals surface area (Å²) < 4.78 is 27.5. The molecule has 0 aliphatic heterocycles. The Morgan fingerprint density at radius 3 is 2.04 bits per heavy atom. The van der Waals surface area contributed by atoms with Crippen LogP contribution in [0.25, 0.3) is 21.7 Å². The van der Waals surface area contributed by atoms with Crippen LogP contribution in [-0.2, 0) is 10.0 Å². The summed E-state index contributed by atoms with van der Waals surface area (Å²) in [6.45, 7) is 3.83. The van der Waals surface area contributed by atoms with Crippen LogP contribution in [0.1, 0.15) is 11.1 Å². The van der Waals surface area contributed by atoms with E-state index in [-0.39, 0.29) is 4.90 Å². The highest BCUT2D eigenvalue weighted by atomic mass is 32.2. The van der Waals surface area contributed by atoms with Gasteiger partial charge in [-0.2, -0.15) is 3.97 Å². The Hall–Kier alpha value is -2.92. The molecule has 0 aliphatic carbocycles. The van der Waals surface area contributed by atoms with Crippen LogP contribution in [0.15, 0.2) is 76.4 Å². The minimum atomic E-state index is -4.01. The normalized spacial score (nSPS) is 11.9. The van der Waals surface area contributed by atoms with Gasteiger partial charge in [0.2, 0.25) is 0 Å². The topological polar surface area (TPSA) is 56.1 Å². The van der Waals surface area contributed by atoms with E-state index >= 15 is 0 Å². The Kier molecular flexibility index (Phi) is 3.70. The van der Waals surface area contributed by atoms with Crippen LogP contribution in [0.4, 0.5) is 0 Å². The molecule has 0 spiro atoms. The molecule has 0 aliphatic rings. The number of pyridine rings is 1. The molecule has 5 heteroatoms. The molecule has 0 radical (unpaired) electrons. The summed E-state index contributed by atoms with van der Waals surface area (Å²) in [6.07, 6.45) is 0. The summed E-state index contributed by atoms with van der Waals surface area (Å²) in [5.41, 5.74) is 1.81. The average molecular weight is 363 g/mol. The smallest absolute Gasteiger partial charge is 0.268 e. The molecule has 4 aromatic rings. The van der Waals surface area contributed by atoms with Gasteiger partial charge in [-0.15, -0.1) is 0 Å². The SMILES string of the molecule is Cc1ccc(S(=O)(=O)n2c(=O)c3ccccc3c3cc(C)ccc32)cc1. The third-order valence-corrected chi connectivity index (χ3v) is 6.27. The summed E-state index contributed by atoms with van der Waals surface area (Å²) in [6, 6.07) is 19.1. The highest BCUT2D eigenvalue weighted by Crippen LogP contribution is 2.26. The zero-order chi connectivity index (χ0) is 18.5. The van der Waals surface area contributed by atoms with E-state index in [4.69, 9.17) is 0 Å². The minimum Gasteiger partial charge on any atom is -0.268 e. The third kappa shape index (κ3) is 2.44. The van der Waals surface area contributed by atoms with Crippen molar-refractivity contribution in [2.24, 2.45) is 0 Å². The van der Waals surface area contributed by atoms with Gasteiger partial charge in [0.05, 0.1) is 10.4 Å². The Morgan fingerprint density at radius 2 is 1.35 bits per heavy atom.